The van der Waals surface area contributed by atoms with Crippen LogP contribution < -0.4 is 5.56 Å². The number of phenols is 2. The summed E-state index contributed by atoms with van der Waals surface area (Å²) < 4.78 is 0.947. The maximum Gasteiger partial charge on any atom is 0.259 e. The van der Waals surface area contributed by atoms with Gasteiger partial charge in [0.15, 0.2) is 0 Å². The molecule has 3 aromatic rings. The number of phenolic OH excluding ortho intramolecular Hbond substituents is 2. The SMILES string of the molecule is O=c1[nH]c(-c2ccc(O)cc2O)nc2ccc(I)cc12. The molecule has 5 nitrogen and oxygen atoms in total. The van der Waals surface area contributed by atoms with Crippen LogP contribution in [0.4, 0.5) is 0 Å². The number of aromatic hydroxyl groups is 2. The normalized spacial score (nSPS) is 10.8. The summed E-state index contributed by atoms with van der Waals surface area (Å²) in [5, 5.41) is 19.6. The maximum atomic E-state index is 12.1. The molecule has 0 aliphatic carbocycles. The number of nitrogens with one attached hydrogen (secondary N) is 1. The van der Waals surface area contributed by atoms with Gasteiger partial charge in [0.1, 0.15) is 17.3 Å². The summed E-state index contributed by atoms with van der Waals surface area (Å²) in [4.78, 5) is 19.1. The van der Waals surface area contributed by atoms with Gasteiger partial charge in [0.05, 0.1) is 16.5 Å². The highest BCUT2D eigenvalue weighted by Crippen LogP contribution is 2.29. The standard InChI is InChI=1S/C14H9IN2O3/c15-7-1-4-11-10(5-7)14(20)17-13(16-11)9-3-2-8(18)6-12(9)19/h1-6,18-19H,(H,16,17,20). The molecule has 0 amide bonds. The third kappa shape index (κ3) is 2.22. The second kappa shape index (κ2) is 4.78. The van der Waals surface area contributed by atoms with E-state index in [9.17, 15) is 15.0 Å². The maximum absolute atomic E-state index is 12.1. The van der Waals surface area contributed by atoms with E-state index >= 15 is 0 Å². The smallest absolute Gasteiger partial charge is 0.259 e. The summed E-state index contributed by atoms with van der Waals surface area (Å²) in [5.74, 6) is 0.0724. The number of aromatic nitrogens is 2. The molecule has 0 bridgehead atoms. The largest absolute Gasteiger partial charge is 0.508 e. The van der Waals surface area contributed by atoms with Gasteiger partial charge in [0, 0.05) is 9.64 Å². The van der Waals surface area contributed by atoms with Gasteiger partial charge in [-0.3, -0.25) is 4.79 Å². The van der Waals surface area contributed by atoms with E-state index in [-0.39, 0.29) is 22.9 Å². The van der Waals surface area contributed by atoms with Crippen LogP contribution >= 0.6 is 22.6 Å². The first kappa shape index (κ1) is 12.9. The molecule has 3 rings (SSSR count). The van der Waals surface area contributed by atoms with E-state index in [2.05, 4.69) is 32.6 Å². The number of halogens is 1. The van der Waals surface area contributed by atoms with Crippen molar-refractivity contribution in [3.8, 4) is 22.9 Å². The summed E-state index contributed by atoms with van der Waals surface area (Å²) in [6, 6.07) is 9.49. The Balaban J connectivity index is 2.27. The topological polar surface area (TPSA) is 86.2 Å². The van der Waals surface area contributed by atoms with Crippen LogP contribution in [0, 0.1) is 3.57 Å². The molecule has 0 unspecified atom stereocenters. The Morgan fingerprint density at radius 2 is 1.90 bits per heavy atom. The molecule has 0 aliphatic rings. The molecule has 0 saturated heterocycles. The molecule has 0 radical (unpaired) electrons. The number of hydrogen-bond donors (Lipinski definition) is 3. The summed E-state index contributed by atoms with van der Waals surface area (Å²) in [6.07, 6.45) is 0. The third-order valence-electron chi connectivity index (χ3n) is 2.90. The van der Waals surface area contributed by atoms with Gasteiger partial charge in [-0.1, -0.05) is 0 Å². The first-order chi connectivity index (χ1) is 9.54. The molecule has 0 aliphatic heterocycles. The van der Waals surface area contributed by atoms with E-state index in [1.54, 1.807) is 12.1 Å². The molecule has 0 fully saturated rings. The minimum atomic E-state index is -0.268. The van der Waals surface area contributed by atoms with Crippen LogP contribution in [-0.2, 0) is 0 Å². The molecule has 1 aromatic heterocycles. The Hall–Kier alpha value is -2.09. The monoisotopic (exact) mass is 380 g/mol. The second-order valence-electron chi connectivity index (χ2n) is 4.28. The van der Waals surface area contributed by atoms with Crippen LogP contribution in [0.25, 0.3) is 22.3 Å². The van der Waals surface area contributed by atoms with Crippen LogP contribution in [0.1, 0.15) is 0 Å². The molecule has 3 N–H and O–H groups in total. The average Bonchev–Trinajstić information content (AvgIpc) is 2.39. The van der Waals surface area contributed by atoms with Crippen molar-refractivity contribution in [1.82, 2.24) is 9.97 Å². The van der Waals surface area contributed by atoms with Crippen molar-refractivity contribution in [2.24, 2.45) is 0 Å². The van der Waals surface area contributed by atoms with Crippen LogP contribution in [0.2, 0.25) is 0 Å². The second-order valence-corrected chi connectivity index (χ2v) is 5.52. The van der Waals surface area contributed by atoms with E-state index in [1.807, 2.05) is 6.07 Å². The number of fused-ring (bicyclic) bond motifs is 1. The van der Waals surface area contributed by atoms with Gasteiger partial charge < -0.3 is 15.2 Å². The van der Waals surface area contributed by atoms with Crippen molar-refractivity contribution in [1.29, 1.82) is 0 Å². The van der Waals surface area contributed by atoms with Crippen molar-refractivity contribution in [2.45, 2.75) is 0 Å². The lowest BCUT2D eigenvalue weighted by Gasteiger charge is -2.06. The van der Waals surface area contributed by atoms with Crippen LogP contribution in [-0.4, -0.2) is 20.2 Å². The number of H-pyrrole nitrogens is 1. The molecule has 2 aromatic carbocycles. The van der Waals surface area contributed by atoms with Crippen LogP contribution in [0.3, 0.4) is 0 Å². The highest BCUT2D eigenvalue weighted by molar-refractivity contribution is 14.1. The fourth-order valence-corrected chi connectivity index (χ4v) is 2.45. The average molecular weight is 380 g/mol. The van der Waals surface area contributed by atoms with Crippen molar-refractivity contribution in [2.75, 3.05) is 0 Å². The van der Waals surface area contributed by atoms with Crippen molar-refractivity contribution in [3.05, 3.63) is 50.3 Å². The Morgan fingerprint density at radius 3 is 2.65 bits per heavy atom. The predicted octanol–water partition coefficient (Wildman–Crippen LogP) is 2.61. The van der Waals surface area contributed by atoms with Gasteiger partial charge in [-0.15, -0.1) is 0 Å². The number of aromatic amines is 1. The van der Waals surface area contributed by atoms with E-state index in [4.69, 9.17) is 0 Å². The molecule has 0 spiro atoms. The Labute approximate surface area is 127 Å². The van der Waals surface area contributed by atoms with Gasteiger partial charge in [0.25, 0.3) is 5.56 Å². The van der Waals surface area contributed by atoms with Crippen molar-refractivity contribution >= 4 is 33.5 Å². The summed E-state index contributed by atoms with van der Waals surface area (Å²) in [6.45, 7) is 0. The zero-order valence-electron chi connectivity index (χ0n) is 10.1. The lowest BCUT2D eigenvalue weighted by molar-refractivity contribution is 0.451. The van der Waals surface area contributed by atoms with Gasteiger partial charge in [-0.05, 0) is 52.9 Å². The van der Waals surface area contributed by atoms with E-state index < -0.39 is 0 Å². The fourth-order valence-electron chi connectivity index (χ4n) is 1.96. The molecule has 6 heteroatoms. The molecule has 1 heterocycles. The van der Waals surface area contributed by atoms with Crippen molar-refractivity contribution < 1.29 is 10.2 Å². The number of benzene rings is 2. The van der Waals surface area contributed by atoms with Gasteiger partial charge in [-0.25, -0.2) is 4.98 Å². The third-order valence-corrected chi connectivity index (χ3v) is 3.57. The quantitative estimate of drug-likeness (QED) is 0.567. The van der Waals surface area contributed by atoms with E-state index in [1.165, 1.54) is 18.2 Å². The lowest BCUT2D eigenvalue weighted by atomic mass is 10.1. The van der Waals surface area contributed by atoms with E-state index in [0.717, 1.165) is 3.57 Å². The predicted molar refractivity (Wildman–Crippen MR) is 83.8 cm³/mol. The van der Waals surface area contributed by atoms with Crippen LogP contribution in [0.5, 0.6) is 11.5 Å². The Bertz CT molecular complexity index is 874. The minimum Gasteiger partial charge on any atom is -0.508 e. The Morgan fingerprint density at radius 1 is 1.10 bits per heavy atom. The van der Waals surface area contributed by atoms with E-state index in [0.29, 0.717) is 16.5 Å². The summed E-state index contributed by atoms with van der Waals surface area (Å²) in [7, 11) is 0. The van der Waals surface area contributed by atoms with Crippen LogP contribution in [0.15, 0.2) is 41.2 Å². The zero-order chi connectivity index (χ0) is 14.3. The number of hydrogen-bond acceptors (Lipinski definition) is 4. The number of rotatable bonds is 1. The lowest BCUT2D eigenvalue weighted by Crippen LogP contribution is -2.09. The highest BCUT2D eigenvalue weighted by atomic mass is 127. The first-order valence-electron chi connectivity index (χ1n) is 5.76. The zero-order valence-corrected chi connectivity index (χ0v) is 12.2. The van der Waals surface area contributed by atoms with Gasteiger partial charge >= 0.3 is 0 Å². The first-order valence-corrected chi connectivity index (χ1v) is 6.84. The molecular formula is C14H9IN2O3. The van der Waals surface area contributed by atoms with Gasteiger partial charge in [0.2, 0.25) is 0 Å². The molecular weight excluding hydrogens is 371 g/mol. The molecule has 0 saturated carbocycles. The van der Waals surface area contributed by atoms with Gasteiger partial charge in [-0.2, -0.15) is 0 Å². The Kier molecular flexibility index (Phi) is 3.09. The fraction of sp³-hybridized carbons (Fsp3) is 0. The van der Waals surface area contributed by atoms with Crippen molar-refractivity contribution in [3.63, 3.8) is 0 Å². The highest BCUT2D eigenvalue weighted by Gasteiger charge is 2.10. The summed E-state index contributed by atoms with van der Waals surface area (Å²) in [5.41, 5.74) is 0.646. The molecule has 20 heavy (non-hydrogen) atoms. The summed E-state index contributed by atoms with van der Waals surface area (Å²) >= 11 is 2.13. The molecule has 100 valence electrons. The molecule has 0 atom stereocenters. The number of nitrogens with zero attached hydrogens (tertiary/aromatic N) is 1. The minimum absolute atomic E-state index is 0.0519.